The Kier molecular flexibility index (Phi) is 3.68. The molecule has 0 atom stereocenters. The van der Waals surface area contributed by atoms with Crippen molar-refractivity contribution in [2.24, 2.45) is 0 Å². The van der Waals surface area contributed by atoms with Crippen LogP contribution >= 0.6 is 11.8 Å². The third-order valence-electron chi connectivity index (χ3n) is 2.84. The van der Waals surface area contributed by atoms with Crippen molar-refractivity contribution in [3.05, 3.63) is 17.9 Å². The first-order chi connectivity index (χ1) is 8.33. The maximum atomic E-state index is 14.4. The molecule has 1 aliphatic heterocycles. The monoisotopic (exact) mass is 284 g/mol. The predicted octanol–water partition coefficient (Wildman–Crippen LogP) is 0.637. The van der Waals surface area contributed by atoms with E-state index in [-0.39, 0.29) is 17.4 Å². The van der Waals surface area contributed by atoms with Crippen molar-refractivity contribution in [1.82, 2.24) is 0 Å². The van der Waals surface area contributed by atoms with Gasteiger partial charge < -0.3 is 9.37 Å². The van der Waals surface area contributed by atoms with E-state index in [4.69, 9.17) is 4.34 Å². The van der Waals surface area contributed by atoms with Gasteiger partial charge in [0.25, 0.3) is 0 Å². The number of rotatable bonds is 3. The molecule has 7 heteroatoms. The molecule has 0 amide bonds. The third kappa shape index (κ3) is 2.40. The average Bonchev–Trinajstić information content (AvgIpc) is 2.48. The van der Waals surface area contributed by atoms with Crippen LogP contribution < -0.4 is 10.6 Å². The van der Waals surface area contributed by atoms with Gasteiger partial charge in [0, 0.05) is 10.1 Å². The Bertz CT molecular complexity index is 509. The first-order valence-electron chi connectivity index (χ1n) is 5.64. The topological polar surface area (TPSA) is 46.5 Å². The minimum atomic E-state index is -2.38. The van der Waals surface area contributed by atoms with Gasteiger partial charge in [-0.15, -0.1) is 11.8 Å². The largest absolute Gasteiger partial charge is 0.480 e. The van der Waals surface area contributed by atoms with Crippen LogP contribution in [0.1, 0.15) is 6.92 Å². The molecule has 1 heterocycles. The maximum absolute atomic E-state index is 14.4. The summed E-state index contributed by atoms with van der Waals surface area (Å²) < 4.78 is 19.9. The second-order valence-electron chi connectivity index (χ2n) is 4.81. The van der Waals surface area contributed by atoms with Crippen LogP contribution in [-0.2, 0) is 9.14 Å². The number of Topliss-reactive ketones (excluding diaryl/α,β-unsaturated/α-hetero) is 1. The second-order valence-corrected chi connectivity index (χ2v) is 9.59. The molecule has 3 nitrogen and oxygen atoms in total. The molecule has 1 aromatic carbocycles. The fraction of sp³-hybridized carbons (Fsp3) is 0.364. The normalized spacial score (nSPS) is 16.8. The standard InChI is InChI=1S/C11H14BFO3SSi/c1-7(14)6-17-9-5-4-8-11(10(9)13)18(2,3)16-12(8)15/h4-5,15H,6H2,1-3H3. The van der Waals surface area contributed by atoms with Crippen LogP contribution in [0.3, 0.4) is 0 Å². The first-order valence-corrected chi connectivity index (χ1v) is 9.53. The van der Waals surface area contributed by atoms with E-state index in [2.05, 4.69) is 0 Å². The van der Waals surface area contributed by atoms with E-state index in [1.54, 1.807) is 12.1 Å². The lowest BCUT2D eigenvalue weighted by molar-refractivity contribution is -0.114. The quantitative estimate of drug-likeness (QED) is 0.653. The lowest BCUT2D eigenvalue weighted by Gasteiger charge is -2.18. The Labute approximate surface area is 111 Å². The number of hydrogen-bond acceptors (Lipinski definition) is 4. The van der Waals surface area contributed by atoms with E-state index >= 15 is 0 Å². The molecule has 0 fully saturated rings. The van der Waals surface area contributed by atoms with Crippen LogP contribution in [0, 0.1) is 5.82 Å². The van der Waals surface area contributed by atoms with Gasteiger partial charge in [-0.2, -0.15) is 0 Å². The van der Waals surface area contributed by atoms with Crippen LogP contribution in [0.15, 0.2) is 17.0 Å². The fourth-order valence-electron chi connectivity index (χ4n) is 2.08. The Morgan fingerprint density at radius 3 is 2.83 bits per heavy atom. The summed E-state index contributed by atoms with van der Waals surface area (Å²) in [6, 6.07) is 3.29. The van der Waals surface area contributed by atoms with Crippen LogP contribution in [0.25, 0.3) is 0 Å². The van der Waals surface area contributed by atoms with Crippen molar-refractivity contribution < 1.29 is 18.6 Å². The van der Waals surface area contributed by atoms with Gasteiger partial charge in [0.2, 0.25) is 8.32 Å². The molecule has 1 aliphatic rings. The Hall–Kier alpha value is -0.628. The van der Waals surface area contributed by atoms with Crippen LogP contribution in [-0.4, -0.2) is 32.0 Å². The molecular weight excluding hydrogens is 270 g/mol. The first kappa shape index (κ1) is 13.8. The van der Waals surface area contributed by atoms with Gasteiger partial charge in [-0.3, -0.25) is 4.79 Å². The number of carbonyl (C=O) groups excluding carboxylic acids is 1. The summed E-state index contributed by atoms with van der Waals surface area (Å²) >= 11 is 1.18. The van der Waals surface area contributed by atoms with Crippen molar-refractivity contribution >= 4 is 43.6 Å². The van der Waals surface area contributed by atoms with Crippen molar-refractivity contribution in [2.45, 2.75) is 24.9 Å². The molecule has 0 unspecified atom stereocenters. The SMILES string of the molecule is CC(=O)CSc1ccc2c(c1F)[Si](C)(C)OB2O. The van der Waals surface area contributed by atoms with E-state index in [0.29, 0.717) is 15.5 Å². The molecule has 0 bridgehead atoms. The fourth-order valence-corrected chi connectivity index (χ4v) is 5.29. The minimum Gasteiger partial charge on any atom is -0.446 e. The highest BCUT2D eigenvalue weighted by Gasteiger charge is 2.45. The number of halogens is 1. The highest BCUT2D eigenvalue weighted by atomic mass is 32.2. The summed E-state index contributed by atoms with van der Waals surface area (Å²) in [5, 5.41) is 10.3. The summed E-state index contributed by atoms with van der Waals surface area (Å²) in [5.41, 5.74) is 0.524. The number of ketones is 1. The smallest absolute Gasteiger partial charge is 0.446 e. The summed E-state index contributed by atoms with van der Waals surface area (Å²) in [6.45, 7) is 5.18. The summed E-state index contributed by atoms with van der Waals surface area (Å²) in [5.74, 6) is -0.0826. The number of hydrogen-bond donors (Lipinski definition) is 1. The average molecular weight is 284 g/mol. The Morgan fingerprint density at radius 1 is 1.56 bits per heavy atom. The van der Waals surface area contributed by atoms with E-state index in [0.717, 1.165) is 0 Å². The molecule has 1 aromatic rings. The molecule has 0 spiro atoms. The van der Waals surface area contributed by atoms with Crippen molar-refractivity contribution in [2.75, 3.05) is 5.75 Å². The molecule has 0 radical (unpaired) electrons. The van der Waals surface area contributed by atoms with E-state index in [1.807, 2.05) is 13.1 Å². The van der Waals surface area contributed by atoms with Gasteiger partial charge in [0.15, 0.2) is 0 Å². The lowest BCUT2D eigenvalue weighted by Crippen LogP contribution is -2.46. The summed E-state index contributed by atoms with van der Waals surface area (Å²) in [7, 11) is -3.40. The molecule has 1 N–H and O–H groups in total. The molecule has 2 rings (SSSR count). The van der Waals surface area contributed by atoms with Gasteiger partial charge in [0.1, 0.15) is 11.6 Å². The minimum absolute atomic E-state index is 0.00712. The molecular formula is C11H14BFO3SSi. The van der Waals surface area contributed by atoms with Crippen LogP contribution in [0.2, 0.25) is 13.1 Å². The van der Waals surface area contributed by atoms with E-state index in [9.17, 15) is 14.2 Å². The van der Waals surface area contributed by atoms with Gasteiger partial charge in [-0.1, -0.05) is 6.07 Å². The van der Waals surface area contributed by atoms with Gasteiger partial charge in [-0.25, -0.2) is 4.39 Å². The molecule has 0 saturated carbocycles. The number of benzene rings is 1. The maximum Gasteiger partial charge on any atom is 0.480 e. The number of fused-ring (bicyclic) bond motifs is 1. The zero-order valence-electron chi connectivity index (χ0n) is 10.5. The van der Waals surface area contributed by atoms with Gasteiger partial charge in [0.05, 0.1) is 5.75 Å². The Balaban J connectivity index is 2.41. The van der Waals surface area contributed by atoms with Gasteiger partial charge in [-0.05, 0) is 31.5 Å². The predicted molar refractivity (Wildman–Crippen MR) is 73.6 cm³/mol. The Morgan fingerprint density at radius 2 is 2.22 bits per heavy atom. The van der Waals surface area contributed by atoms with E-state index < -0.39 is 15.4 Å². The molecule has 96 valence electrons. The van der Waals surface area contributed by atoms with Gasteiger partial charge >= 0.3 is 7.12 Å². The molecule has 0 saturated heterocycles. The summed E-state index contributed by atoms with van der Waals surface area (Å²) in [6.07, 6.45) is 0. The second kappa shape index (κ2) is 4.81. The van der Waals surface area contributed by atoms with Crippen molar-refractivity contribution in [1.29, 1.82) is 0 Å². The highest BCUT2D eigenvalue weighted by Crippen LogP contribution is 2.24. The van der Waals surface area contributed by atoms with Crippen LogP contribution in [0.4, 0.5) is 4.39 Å². The highest BCUT2D eigenvalue weighted by molar-refractivity contribution is 8.00. The lowest BCUT2D eigenvalue weighted by atomic mass is 9.80. The van der Waals surface area contributed by atoms with Crippen molar-refractivity contribution in [3.63, 3.8) is 0 Å². The molecule has 18 heavy (non-hydrogen) atoms. The van der Waals surface area contributed by atoms with Crippen molar-refractivity contribution in [3.8, 4) is 0 Å². The zero-order valence-corrected chi connectivity index (χ0v) is 12.3. The molecule has 0 aromatic heterocycles. The molecule has 0 aliphatic carbocycles. The summed E-state index contributed by atoms with van der Waals surface area (Å²) in [4.78, 5) is 11.4. The van der Waals surface area contributed by atoms with Crippen LogP contribution in [0.5, 0.6) is 0 Å². The zero-order chi connectivity index (χ0) is 13.5. The number of carbonyl (C=O) groups is 1. The van der Waals surface area contributed by atoms with E-state index in [1.165, 1.54) is 18.7 Å². The third-order valence-corrected chi connectivity index (χ3v) is 6.55. The number of thioether (sulfide) groups is 1.